The smallest absolute Gasteiger partial charge is 0.372 e. The molecule has 2 aromatic rings. The third-order valence-electron chi connectivity index (χ3n) is 2.30. The van der Waals surface area contributed by atoms with Crippen LogP contribution >= 0.6 is 0 Å². The van der Waals surface area contributed by atoms with Gasteiger partial charge < -0.3 is 4.42 Å². The van der Waals surface area contributed by atoms with Crippen molar-refractivity contribution in [3.63, 3.8) is 0 Å². The summed E-state index contributed by atoms with van der Waals surface area (Å²) in [5, 5.41) is 0.485. The zero-order valence-corrected chi connectivity index (χ0v) is 8.37. The molecule has 0 bridgehead atoms. The van der Waals surface area contributed by atoms with Gasteiger partial charge in [0.25, 0.3) is 0 Å². The van der Waals surface area contributed by atoms with E-state index < -0.39 is 11.4 Å². The van der Waals surface area contributed by atoms with Crippen LogP contribution in [-0.2, 0) is 6.42 Å². The molecule has 1 N–H and O–H groups in total. The van der Waals surface area contributed by atoms with Gasteiger partial charge in [0.15, 0.2) is 0 Å². The molecule has 4 heteroatoms. The van der Waals surface area contributed by atoms with Gasteiger partial charge in [-0.3, -0.25) is 4.98 Å². The largest absolute Gasteiger partial charge is 0.419 e. The Bertz CT molecular complexity index is 595. The van der Waals surface area contributed by atoms with E-state index in [0.29, 0.717) is 10.9 Å². The van der Waals surface area contributed by atoms with E-state index in [0.717, 1.165) is 18.4 Å². The Kier molecular flexibility index (Phi) is 2.41. The molecule has 0 aliphatic heterocycles. The predicted octanol–water partition coefficient (Wildman–Crippen LogP) is 1.43. The lowest BCUT2D eigenvalue weighted by molar-refractivity contribution is 0.459. The third-order valence-corrected chi connectivity index (χ3v) is 2.30. The number of aromatic amines is 1. The van der Waals surface area contributed by atoms with E-state index in [4.69, 9.17) is 0 Å². The first-order chi connectivity index (χ1) is 7.22. The van der Waals surface area contributed by atoms with Gasteiger partial charge >= 0.3 is 11.4 Å². The summed E-state index contributed by atoms with van der Waals surface area (Å²) >= 11 is 0. The Balaban J connectivity index is 2.85. The van der Waals surface area contributed by atoms with Gasteiger partial charge in [0.1, 0.15) is 0 Å². The molecule has 0 aliphatic rings. The number of nitrogens with one attached hydrogen (secondary N) is 1. The molecule has 0 spiro atoms. The van der Waals surface area contributed by atoms with Gasteiger partial charge in [0.05, 0.1) is 10.9 Å². The number of hydrogen-bond donors (Lipinski definition) is 1. The van der Waals surface area contributed by atoms with Crippen LogP contribution in [0, 0.1) is 0 Å². The quantitative estimate of drug-likeness (QED) is 0.806. The van der Waals surface area contributed by atoms with E-state index in [9.17, 15) is 9.59 Å². The number of aryl methyl sites for hydroxylation is 1. The summed E-state index contributed by atoms with van der Waals surface area (Å²) in [6.45, 7) is 2.03. The fourth-order valence-electron chi connectivity index (χ4n) is 1.69. The first kappa shape index (κ1) is 9.71. The van der Waals surface area contributed by atoms with Gasteiger partial charge in [0.2, 0.25) is 0 Å². The van der Waals surface area contributed by atoms with Gasteiger partial charge in [-0.1, -0.05) is 25.5 Å². The summed E-state index contributed by atoms with van der Waals surface area (Å²) < 4.78 is 4.51. The highest BCUT2D eigenvalue weighted by Crippen LogP contribution is 2.13. The fraction of sp³-hybridized carbons (Fsp3) is 0.273. The molecular weight excluding hydrogens is 194 g/mol. The van der Waals surface area contributed by atoms with Crippen molar-refractivity contribution in [3.05, 3.63) is 44.7 Å². The van der Waals surface area contributed by atoms with Crippen molar-refractivity contribution in [1.82, 2.24) is 4.98 Å². The normalized spacial score (nSPS) is 10.7. The van der Waals surface area contributed by atoms with E-state index in [-0.39, 0.29) is 0 Å². The monoisotopic (exact) mass is 205 g/mol. The van der Waals surface area contributed by atoms with Crippen LogP contribution in [0.2, 0.25) is 0 Å². The number of aromatic nitrogens is 1. The van der Waals surface area contributed by atoms with Crippen molar-refractivity contribution in [2.24, 2.45) is 0 Å². The Hall–Kier alpha value is -1.84. The zero-order valence-electron chi connectivity index (χ0n) is 8.37. The van der Waals surface area contributed by atoms with Crippen LogP contribution in [0.1, 0.15) is 18.9 Å². The molecule has 1 heterocycles. The molecule has 15 heavy (non-hydrogen) atoms. The second-order valence-corrected chi connectivity index (χ2v) is 3.39. The lowest BCUT2D eigenvalue weighted by Gasteiger charge is -2.02. The summed E-state index contributed by atoms with van der Waals surface area (Å²) in [6.07, 6.45) is 1.74. The first-order valence-corrected chi connectivity index (χ1v) is 4.87. The van der Waals surface area contributed by atoms with Crippen LogP contribution in [0.15, 0.2) is 32.2 Å². The highest BCUT2D eigenvalue weighted by molar-refractivity contribution is 5.80. The maximum atomic E-state index is 11.5. The maximum absolute atomic E-state index is 11.5. The van der Waals surface area contributed by atoms with Gasteiger partial charge in [-0.15, -0.1) is 0 Å². The van der Waals surface area contributed by atoms with Gasteiger partial charge in [0, 0.05) is 0 Å². The van der Waals surface area contributed by atoms with Gasteiger partial charge in [-0.05, 0) is 18.1 Å². The Morgan fingerprint density at radius 2 is 2.13 bits per heavy atom. The van der Waals surface area contributed by atoms with Gasteiger partial charge in [-0.25, -0.2) is 9.59 Å². The summed E-state index contributed by atoms with van der Waals surface area (Å²) in [4.78, 5) is 25.0. The number of hydrogen-bond acceptors (Lipinski definition) is 3. The number of fused-ring (bicyclic) bond motifs is 1. The molecule has 1 aromatic heterocycles. The molecule has 0 saturated carbocycles. The topological polar surface area (TPSA) is 63.1 Å². The lowest BCUT2D eigenvalue weighted by Crippen LogP contribution is -2.15. The van der Waals surface area contributed by atoms with Crippen molar-refractivity contribution in [2.45, 2.75) is 19.8 Å². The average molecular weight is 205 g/mol. The number of benzene rings is 1. The molecule has 78 valence electrons. The van der Waals surface area contributed by atoms with Crippen molar-refractivity contribution in [1.29, 1.82) is 0 Å². The summed E-state index contributed by atoms with van der Waals surface area (Å²) in [5.41, 5.74) is 0.903. The van der Waals surface area contributed by atoms with Crippen LogP contribution in [0.4, 0.5) is 0 Å². The molecule has 0 atom stereocenters. The second kappa shape index (κ2) is 3.73. The first-order valence-electron chi connectivity index (χ1n) is 4.87. The van der Waals surface area contributed by atoms with Crippen LogP contribution in [0.3, 0.4) is 0 Å². The SMILES string of the molecule is CCCc1cccc2[nH]c(=O)oc(=O)c12. The lowest BCUT2D eigenvalue weighted by atomic mass is 10.1. The summed E-state index contributed by atoms with van der Waals surface area (Å²) in [5.74, 6) is -0.707. The minimum absolute atomic E-state index is 0.485. The average Bonchev–Trinajstić information content (AvgIpc) is 2.17. The highest BCUT2D eigenvalue weighted by Gasteiger charge is 2.06. The maximum Gasteiger partial charge on any atom is 0.419 e. The van der Waals surface area contributed by atoms with E-state index in [1.165, 1.54) is 0 Å². The highest BCUT2D eigenvalue weighted by atomic mass is 16.4. The van der Waals surface area contributed by atoms with Crippen LogP contribution in [0.5, 0.6) is 0 Å². The Morgan fingerprint density at radius 3 is 2.87 bits per heavy atom. The van der Waals surface area contributed by atoms with E-state index in [2.05, 4.69) is 9.40 Å². The molecule has 0 amide bonds. The number of H-pyrrole nitrogens is 1. The molecule has 0 radical (unpaired) electrons. The minimum atomic E-state index is -0.707. The van der Waals surface area contributed by atoms with Gasteiger partial charge in [-0.2, -0.15) is 0 Å². The Labute approximate surface area is 85.6 Å². The zero-order chi connectivity index (χ0) is 10.8. The molecule has 0 saturated heterocycles. The predicted molar refractivity (Wildman–Crippen MR) is 57.1 cm³/mol. The van der Waals surface area contributed by atoms with E-state index in [1.54, 1.807) is 6.07 Å². The second-order valence-electron chi connectivity index (χ2n) is 3.39. The molecule has 0 unspecified atom stereocenters. The van der Waals surface area contributed by atoms with E-state index >= 15 is 0 Å². The molecule has 4 nitrogen and oxygen atoms in total. The standard InChI is InChI=1S/C11H11NO3/c1-2-4-7-5-3-6-8-9(7)10(13)15-11(14)12-8/h3,5-6H,2,4H2,1H3,(H,12,14). The van der Waals surface area contributed by atoms with Crippen molar-refractivity contribution in [2.75, 3.05) is 0 Å². The molecular formula is C11H11NO3. The molecule has 0 fully saturated rings. The molecule has 1 aromatic carbocycles. The summed E-state index contributed by atoms with van der Waals surface area (Å²) in [7, 11) is 0. The minimum Gasteiger partial charge on any atom is -0.372 e. The summed E-state index contributed by atoms with van der Waals surface area (Å²) in [6, 6.07) is 5.40. The van der Waals surface area contributed by atoms with Crippen LogP contribution in [0.25, 0.3) is 10.9 Å². The van der Waals surface area contributed by atoms with Crippen LogP contribution in [-0.4, -0.2) is 4.98 Å². The fourth-order valence-corrected chi connectivity index (χ4v) is 1.69. The van der Waals surface area contributed by atoms with Crippen molar-refractivity contribution >= 4 is 10.9 Å². The van der Waals surface area contributed by atoms with Crippen LogP contribution < -0.4 is 11.4 Å². The molecule has 0 aliphatic carbocycles. The number of rotatable bonds is 2. The van der Waals surface area contributed by atoms with E-state index in [1.807, 2.05) is 19.1 Å². The van der Waals surface area contributed by atoms with Crippen molar-refractivity contribution in [3.8, 4) is 0 Å². The Morgan fingerprint density at radius 1 is 1.33 bits per heavy atom. The van der Waals surface area contributed by atoms with Crippen molar-refractivity contribution < 1.29 is 4.42 Å². The third kappa shape index (κ3) is 1.70. The molecule has 2 rings (SSSR count).